The molecule has 6 rings (SSSR count). The zero-order valence-corrected chi connectivity index (χ0v) is 18.0. The molecule has 0 saturated heterocycles. The first-order valence-corrected chi connectivity index (χ1v) is 10.8. The first-order chi connectivity index (χ1) is 14.9. The van der Waals surface area contributed by atoms with Crippen molar-refractivity contribution in [3.05, 3.63) is 59.4 Å². The minimum Gasteiger partial charge on any atom is -0.454 e. The fourth-order valence-electron chi connectivity index (χ4n) is 5.93. The number of carbonyl (C=O) groups is 1. The number of fused-ring (bicyclic) bond motifs is 7. The van der Waals surface area contributed by atoms with Gasteiger partial charge in [0, 0.05) is 12.0 Å². The van der Waals surface area contributed by atoms with Crippen LogP contribution in [-0.2, 0) is 22.2 Å². The van der Waals surface area contributed by atoms with E-state index in [1.807, 2.05) is 42.5 Å². The van der Waals surface area contributed by atoms with Crippen LogP contribution in [0.15, 0.2) is 42.5 Å². The molecule has 2 unspecified atom stereocenters. The summed E-state index contributed by atoms with van der Waals surface area (Å²) in [6, 6.07) is 13.7. The van der Waals surface area contributed by atoms with E-state index in [4.69, 9.17) is 19.4 Å². The molecule has 0 radical (unpaired) electrons. The topological polar surface area (TPSA) is 73.3 Å². The smallest absolute Gasteiger partial charge is 0.233 e. The molecular weight excluding hydrogens is 390 g/mol. The van der Waals surface area contributed by atoms with E-state index >= 15 is 0 Å². The second-order valence-corrected chi connectivity index (χ2v) is 9.64. The van der Waals surface area contributed by atoms with Crippen LogP contribution in [0.4, 0.5) is 0 Å². The third-order valence-electron chi connectivity index (χ3n) is 8.22. The lowest BCUT2D eigenvalue weighted by molar-refractivity contribution is -0.130. The van der Waals surface area contributed by atoms with Gasteiger partial charge in [0.25, 0.3) is 0 Å². The number of ether oxygens (including phenoxy) is 2. The molecular formula is C25H25N3O3. The van der Waals surface area contributed by atoms with E-state index in [1.165, 1.54) is 0 Å². The van der Waals surface area contributed by atoms with Crippen molar-refractivity contribution in [1.82, 2.24) is 15.3 Å². The Labute approximate surface area is 181 Å². The SMILES string of the molecule is CC12CCC(C(=O)NCc3ccc4c(c3)OCO4)(c3nc4ccccc4nc31)C2(C)C. The molecule has 2 bridgehead atoms. The molecule has 2 aromatic carbocycles. The molecule has 0 spiro atoms. The molecule has 1 aromatic heterocycles. The third kappa shape index (κ3) is 2.20. The van der Waals surface area contributed by atoms with Gasteiger partial charge in [-0.05, 0) is 48.1 Å². The second-order valence-electron chi connectivity index (χ2n) is 9.64. The van der Waals surface area contributed by atoms with E-state index in [2.05, 4.69) is 26.1 Å². The lowest BCUT2D eigenvalue weighted by Crippen LogP contribution is -2.51. The zero-order chi connectivity index (χ0) is 21.4. The van der Waals surface area contributed by atoms with Crippen molar-refractivity contribution >= 4 is 16.9 Å². The number of carbonyl (C=O) groups excluding carboxylic acids is 1. The van der Waals surface area contributed by atoms with Crippen LogP contribution in [0.2, 0.25) is 0 Å². The van der Waals surface area contributed by atoms with Crippen LogP contribution in [0.25, 0.3) is 11.0 Å². The van der Waals surface area contributed by atoms with Crippen molar-refractivity contribution in [3.8, 4) is 11.5 Å². The minimum absolute atomic E-state index is 0.0298. The Bertz CT molecular complexity index is 1250. The van der Waals surface area contributed by atoms with Crippen molar-refractivity contribution in [3.63, 3.8) is 0 Å². The maximum absolute atomic E-state index is 13.9. The number of nitrogens with zero attached hydrogens (tertiary/aromatic N) is 2. The first-order valence-electron chi connectivity index (χ1n) is 10.8. The van der Waals surface area contributed by atoms with Gasteiger partial charge < -0.3 is 14.8 Å². The van der Waals surface area contributed by atoms with Gasteiger partial charge in [-0.15, -0.1) is 0 Å². The number of para-hydroxylation sites is 2. The molecule has 158 valence electrons. The highest BCUT2D eigenvalue weighted by atomic mass is 16.7. The predicted octanol–water partition coefficient (Wildman–Crippen LogP) is 4.00. The summed E-state index contributed by atoms with van der Waals surface area (Å²) in [6.45, 7) is 7.32. The quantitative estimate of drug-likeness (QED) is 0.700. The number of amides is 1. The first kappa shape index (κ1) is 18.6. The molecule has 3 aromatic rings. The van der Waals surface area contributed by atoms with Crippen molar-refractivity contribution < 1.29 is 14.3 Å². The van der Waals surface area contributed by atoms with Crippen molar-refractivity contribution in [2.75, 3.05) is 6.79 Å². The van der Waals surface area contributed by atoms with Crippen LogP contribution in [-0.4, -0.2) is 22.7 Å². The van der Waals surface area contributed by atoms with Gasteiger partial charge in [-0.1, -0.05) is 39.0 Å². The standard InChI is InChI=1S/C25H25N3O3/c1-23(2)24(3)10-11-25(23,21-20(24)27-16-6-4-5-7-17(16)28-21)22(29)26-13-15-8-9-18-19(12-15)31-14-30-18/h4-9,12H,10-11,13-14H2,1-3H3,(H,26,29). The number of benzene rings is 2. The summed E-state index contributed by atoms with van der Waals surface area (Å²) in [7, 11) is 0. The van der Waals surface area contributed by atoms with Crippen LogP contribution < -0.4 is 14.8 Å². The van der Waals surface area contributed by atoms with Crippen LogP contribution >= 0.6 is 0 Å². The van der Waals surface area contributed by atoms with Crippen LogP contribution in [0.1, 0.15) is 50.6 Å². The summed E-state index contributed by atoms with van der Waals surface area (Å²) in [5.74, 6) is 1.50. The van der Waals surface area contributed by atoms with Crippen molar-refractivity contribution in [2.45, 2.75) is 51.0 Å². The lowest BCUT2D eigenvalue weighted by atomic mass is 9.63. The maximum Gasteiger partial charge on any atom is 0.233 e. The number of hydrogen-bond acceptors (Lipinski definition) is 5. The van der Waals surface area contributed by atoms with Gasteiger partial charge in [0.05, 0.1) is 27.8 Å². The summed E-state index contributed by atoms with van der Waals surface area (Å²) in [4.78, 5) is 23.9. The molecule has 31 heavy (non-hydrogen) atoms. The van der Waals surface area contributed by atoms with Gasteiger partial charge in [-0.25, -0.2) is 9.97 Å². The Morgan fingerprint density at radius 2 is 1.68 bits per heavy atom. The van der Waals surface area contributed by atoms with E-state index < -0.39 is 5.41 Å². The molecule has 6 nitrogen and oxygen atoms in total. The summed E-state index contributed by atoms with van der Waals surface area (Å²) in [6.07, 6.45) is 1.71. The van der Waals surface area contributed by atoms with E-state index in [0.29, 0.717) is 6.54 Å². The molecule has 1 saturated carbocycles. The van der Waals surface area contributed by atoms with Crippen LogP contribution in [0.3, 0.4) is 0 Å². The molecule has 2 aliphatic carbocycles. The highest BCUT2D eigenvalue weighted by Crippen LogP contribution is 2.70. The highest BCUT2D eigenvalue weighted by Gasteiger charge is 2.73. The summed E-state index contributed by atoms with van der Waals surface area (Å²) < 4.78 is 10.9. The Morgan fingerprint density at radius 3 is 2.45 bits per heavy atom. The number of aromatic nitrogens is 2. The second kappa shape index (κ2) is 5.96. The van der Waals surface area contributed by atoms with Gasteiger partial charge >= 0.3 is 0 Å². The van der Waals surface area contributed by atoms with Gasteiger partial charge in [0.15, 0.2) is 11.5 Å². The molecule has 1 fully saturated rings. The van der Waals surface area contributed by atoms with Gasteiger partial charge in [-0.2, -0.15) is 0 Å². The van der Waals surface area contributed by atoms with Gasteiger partial charge in [-0.3, -0.25) is 4.79 Å². The number of nitrogens with one attached hydrogen (secondary N) is 1. The molecule has 6 heteroatoms. The highest BCUT2D eigenvalue weighted by molar-refractivity contribution is 5.93. The zero-order valence-electron chi connectivity index (χ0n) is 18.0. The Hall–Kier alpha value is -3.15. The average molecular weight is 415 g/mol. The minimum atomic E-state index is -0.690. The Kier molecular flexibility index (Phi) is 3.58. The molecule has 1 N–H and O–H groups in total. The Morgan fingerprint density at radius 1 is 0.968 bits per heavy atom. The summed E-state index contributed by atoms with van der Waals surface area (Å²) in [5, 5.41) is 3.21. The van der Waals surface area contributed by atoms with Crippen molar-refractivity contribution in [1.29, 1.82) is 0 Å². The van der Waals surface area contributed by atoms with E-state index in [0.717, 1.165) is 52.3 Å². The van der Waals surface area contributed by atoms with Crippen LogP contribution in [0.5, 0.6) is 11.5 Å². The normalized spacial score (nSPS) is 26.8. The maximum atomic E-state index is 13.9. The third-order valence-corrected chi connectivity index (χ3v) is 8.22. The summed E-state index contributed by atoms with van der Waals surface area (Å²) >= 11 is 0. The van der Waals surface area contributed by atoms with Crippen LogP contribution in [0, 0.1) is 5.41 Å². The Balaban J connectivity index is 1.39. The predicted molar refractivity (Wildman–Crippen MR) is 116 cm³/mol. The molecule has 1 amide bonds. The number of hydrogen-bond donors (Lipinski definition) is 1. The van der Waals surface area contributed by atoms with E-state index in [-0.39, 0.29) is 23.5 Å². The van der Waals surface area contributed by atoms with E-state index in [9.17, 15) is 4.79 Å². The molecule has 1 aliphatic heterocycles. The van der Waals surface area contributed by atoms with Crippen molar-refractivity contribution in [2.24, 2.45) is 5.41 Å². The molecule has 2 heterocycles. The molecule has 2 atom stereocenters. The van der Waals surface area contributed by atoms with Gasteiger partial charge in [0.1, 0.15) is 0 Å². The largest absolute Gasteiger partial charge is 0.454 e. The summed E-state index contributed by atoms with van der Waals surface area (Å²) in [5.41, 5.74) is 3.39. The van der Waals surface area contributed by atoms with E-state index in [1.54, 1.807) is 0 Å². The lowest BCUT2D eigenvalue weighted by Gasteiger charge is -2.39. The average Bonchev–Trinajstić information content (AvgIpc) is 3.36. The fourth-order valence-corrected chi connectivity index (χ4v) is 5.93. The van der Waals surface area contributed by atoms with Gasteiger partial charge in [0.2, 0.25) is 12.7 Å². The molecule has 3 aliphatic rings. The monoisotopic (exact) mass is 415 g/mol. The fraction of sp³-hybridized carbons (Fsp3) is 0.400. The number of rotatable bonds is 3.